The lowest BCUT2D eigenvalue weighted by molar-refractivity contribution is -0.129. The number of nitrogens with one attached hydrogen (secondary N) is 3. The number of amides is 1. The van der Waals surface area contributed by atoms with E-state index in [1.54, 1.807) is 36.0 Å². The van der Waals surface area contributed by atoms with Gasteiger partial charge in [-0.05, 0) is 24.5 Å². The van der Waals surface area contributed by atoms with E-state index in [1.807, 2.05) is 6.26 Å². The number of thioether (sulfide) groups is 1. The van der Waals surface area contributed by atoms with Crippen molar-refractivity contribution in [3.8, 4) is 0 Å². The normalized spacial score (nSPS) is 12.9. The molecule has 2 rings (SSSR count). The quantitative estimate of drug-likeness (QED) is 0.409. The Labute approximate surface area is 161 Å². The Bertz CT molecular complexity index is 773. The highest BCUT2D eigenvalue weighted by Gasteiger charge is 2.15. The van der Waals surface area contributed by atoms with Gasteiger partial charge in [-0.3, -0.25) is 9.59 Å². The van der Waals surface area contributed by atoms with Crippen LogP contribution in [0.1, 0.15) is 6.42 Å². The van der Waals surface area contributed by atoms with Crippen LogP contribution in [0.5, 0.6) is 0 Å². The highest BCUT2D eigenvalue weighted by Crippen LogP contribution is 2.16. The summed E-state index contributed by atoms with van der Waals surface area (Å²) < 4.78 is 0. The first-order valence-electron chi connectivity index (χ1n) is 7.87. The number of halogens is 1. The average molecular weight is 403 g/mol. The minimum absolute atomic E-state index is 0. The van der Waals surface area contributed by atoms with Gasteiger partial charge in [0.2, 0.25) is 5.91 Å². The number of nitrogens with zero attached hydrogens (tertiary/aromatic N) is 1. The first kappa shape index (κ1) is 22.2. The summed E-state index contributed by atoms with van der Waals surface area (Å²) in [6.45, 7) is 0.133. The summed E-state index contributed by atoms with van der Waals surface area (Å²) in [5.74, 6) is 0.630. The van der Waals surface area contributed by atoms with E-state index in [4.69, 9.17) is 0 Å². The monoisotopic (exact) mass is 402 g/mol. The second kappa shape index (κ2) is 11.0. The molecule has 0 radical (unpaired) electrons. The van der Waals surface area contributed by atoms with Crippen LogP contribution in [0, 0.1) is 0 Å². The van der Waals surface area contributed by atoms with E-state index < -0.39 is 18.1 Å². The Morgan fingerprint density at radius 1 is 1.27 bits per heavy atom. The maximum absolute atomic E-state index is 11.7. The van der Waals surface area contributed by atoms with Gasteiger partial charge in [0.25, 0.3) is 5.56 Å². The number of H-pyrrole nitrogens is 1. The number of rotatable bonds is 9. The van der Waals surface area contributed by atoms with E-state index in [2.05, 4.69) is 20.8 Å². The molecule has 0 fully saturated rings. The average Bonchev–Trinajstić information content (AvgIpc) is 2.63. The number of carbonyl (C=O) groups is 1. The van der Waals surface area contributed by atoms with Crippen molar-refractivity contribution in [3.05, 3.63) is 34.6 Å². The van der Waals surface area contributed by atoms with Crippen molar-refractivity contribution in [3.63, 3.8) is 0 Å². The molecule has 144 valence electrons. The van der Waals surface area contributed by atoms with Gasteiger partial charge in [-0.25, -0.2) is 5.10 Å². The highest BCUT2D eigenvalue weighted by molar-refractivity contribution is 7.98. The van der Waals surface area contributed by atoms with Crippen LogP contribution in [-0.2, 0) is 4.79 Å². The van der Waals surface area contributed by atoms with Crippen molar-refractivity contribution in [1.29, 1.82) is 0 Å². The van der Waals surface area contributed by atoms with Crippen molar-refractivity contribution < 1.29 is 15.0 Å². The number of hydrogen-bond donors (Lipinski definition) is 5. The molecule has 0 bridgehead atoms. The smallest absolute Gasteiger partial charge is 0.272 e. The van der Waals surface area contributed by atoms with Gasteiger partial charge in [0, 0.05) is 18.5 Å². The number of hydrogen-bond acceptors (Lipinski definition) is 7. The van der Waals surface area contributed by atoms with Crippen LogP contribution in [0.25, 0.3) is 10.8 Å². The number of aromatic nitrogens is 2. The molecule has 2 aromatic rings. The molecule has 0 aliphatic heterocycles. The van der Waals surface area contributed by atoms with Crippen molar-refractivity contribution in [2.45, 2.75) is 18.6 Å². The van der Waals surface area contributed by atoms with Crippen molar-refractivity contribution >= 4 is 46.7 Å². The lowest BCUT2D eigenvalue weighted by atomic mass is 10.2. The van der Waals surface area contributed by atoms with Gasteiger partial charge >= 0.3 is 0 Å². The van der Waals surface area contributed by atoms with E-state index >= 15 is 0 Å². The van der Waals surface area contributed by atoms with E-state index in [-0.39, 0.29) is 31.1 Å². The van der Waals surface area contributed by atoms with Crippen LogP contribution in [0.4, 0.5) is 5.82 Å². The molecule has 0 saturated carbocycles. The van der Waals surface area contributed by atoms with Crippen LogP contribution in [0.3, 0.4) is 0 Å². The Kier molecular flexibility index (Phi) is 9.42. The molecular weight excluding hydrogens is 380 g/mol. The number of aromatic amines is 1. The lowest BCUT2D eigenvalue weighted by Gasteiger charge is -2.15. The number of fused-ring (bicyclic) bond motifs is 1. The van der Waals surface area contributed by atoms with Crippen LogP contribution in [0.15, 0.2) is 29.1 Å². The predicted molar refractivity (Wildman–Crippen MR) is 106 cm³/mol. The molecular formula is C16H23ClN4O4S. The molecule has 10 heteroatoms. The molecule has 0 aliphatic carbocycles. The molecule has 1 heterocycles. The molecule has 8 nitrogen and oxygen atoms in total. The topological polar surface area (TPSA) is 127 Å². The molecule has 0 spiro atoms. The molecule has 26 heavy (non-hydrogen) atoms. The summed E-state index contributed by atoms with van der Waals surface area (Å²) in [6.07, 6.45) is 0.324. The van der Waals surface area contributed by atoms with E-state index in [0.29, 0.717) is 28.8 Å². The Morgan fingerprint density at radius 2 is 1.96 bits per heavy atom. The van der Waals surface area contributed by atoms with Crippen LogP contribution in [0.2, 0.25) is 0 Å². The SMILES string of the molecule is CSCCC(O)C(=O)NCC(O)CNc1n[nH]c(=O)c2ccccc12.Cl. The minimum Gasteiger partial charge on any atom is -0.389 e. The van der Waals surface area contributed by atoms with Gasteiger partial charge < -0.3 is 20.8 Å². The van der Waals surface area contributed by atoms with E-state index in [1.165, 1.54) is 0 Å². The van der Waals surface area contributed by atoms with Gasteiger partial charge in [-0.2, -0.15) is 16.9 Å². The van der Waals surface area contributed by atoms with Gasteiger partial charge in [-0.1, -0.05) is 18.2 Å². The number of anilines is 1. The molecule has 1 aromatic heterocycles. The molecule has 1 amide bonds. The van der Waals surface area contributed by atoms with Crippen molar-refractivity contribution in [2.24, 2.45) is 0 Å². The summed E-state index contributed by atoms with van der Waals surface area (Å²) in [7, 11) is 0. The largest absolute Gasteiger partial charge is 0.389 e. The fourth-order valence-corrected chi connectivity index (χ4v) is 2.69. The van der Waals surface area contributed by atoms with Gasteiger partial charge in [0.15, 0.2) is 5.82 Å². The standard InChI is InChI=1S/C16H22N4O4S.ClH/c1-25-7-6-13(22)16(24)18-9-10(21)8-17-14-11-4-2-3-5-12(11)15(23)20-19-14;/h2-5,10,13,21-22H,6-9H2,1H3,(H,17,19)(H,18,24)(H,20,23);1H. The zero-order valence-electron chi connectivity index (χ0n) is 14.3. The maximum atomic E-state index is 11.7. The van der Waals surface area contributed by atoms with Gasteiger partial charge in [0.05, 0.1) is 11.5 Å². The molecule has 2 atom stereocenters. The minimum atomic E-state index is -1.07. The first-order chi connectivity index (χ1) is 12.0. The molecule has 5 N–H and O–H groups in total. The molecule has 2 unspecified atom stereocenters. The number of aliphatic hydroxyl groups excluding tert-OH is 2. The van der Waals surface area contributed by atoms with Crippen LogP contribution >= 0.6 is 24.2 Å². The van der Waals surface area contributed by atoms with Gasteiger partial charge in [0.1, 0.15) is 6.10 Å². The van der Waals surface area contributed by atoms with E-state index in [9.17, 15) is 19.8 Å². The summed E-state index contributed by atoms with van der Waals surface area (Å²) in [5.41, 5.74) is -0.284. The number of carbonyl (C=O) groups excluding carboxylic acids is 1. The lowest BCUT2D eigenvalue weighted by Crippen LogP contribution is -2.41. The fourth-order valence-electron chi connectivity index (χ4n) is 2.23. The molecule has 0 saturated heterocycles. The summed E-state index contributed by atoms with van der Waals surface area (Å²) >= 11 is 1.55. The Balaban J connectivity index is 0.00000338. The van der Waals surface area contributed by atoms with Crippen molar-refractivity contribution in [1.82, 2.24) is 15.5 Å². The summed E-state index contributed by atoms with van der Waals surface area (Å²) in [5, 5.41) is 32.6. The number of aliphatic hydroxyl groups is 2. The molecule has 0 aliphatic rings. The van der Waals surface area contributed by atoms with E-state index in [0.717, 1.165) is 0 Å². The second-order valence-corrected chi connectivity index (χ2v) is 6.51. The van der Waals surface area contributed by atoms with Crippen LogP contribution < -0.4 is 16.2 Å². The number of benzene rings is 1. The Morgan fingerprint density at radius 3 is 2.65 bits per heavy atom. The van der Waals surface area contributed by atoms with Crippen LogP contribution in [-0.4, -0.2) is 63.6 Å². The Hall–Kier alpha value is -1.81. The summed E-state index contributed by atoms with van der Waals surface area (Å²) in [6, 6.07) is 7.00. The predicted octanol–water partition coefficient (Wildman–Crippen LogP) is 0.348. The second-order valence-electron chi connectivity index (χ2n) is 5.52. The summed E-state index contributed by atoms with van der Waals surface area (Å²) in [4.78, 5) is 23.4. The third-order valence-corrected chi connectivity index (χ3v) is 4.26. The van der Waals surface area contributed by atoms with Crippen molar-refractivity contribution in [2.75, 3.05) is 30.4 Å². The van der Waals surface area contributed by atoms with Gasteiger partial charge in [-0.15, -0.1) is 12.4 Å². The third kappa shape index (κ3) is 6.17. The fraction of sp³-hybridized carbons (Fsp3) is 0.438. The zero-order chi connectivity index (χ0) is 18.2. The molecule has 1 aromatic carbocycles. The highest BCUT2D eigenvalue weighted by atomic mass is 35.5. The zero-order valence-corrected chi connectivity index (χ0v) is 15.9. The third-order valence-electron chi connectivity index (χ3n) is 3.61. The first-order valence-corrected chi connectivity index (χ1v) is 9.26. The maximum Gasteiger partial charge on any atom is 0.272 e.